The number of hydrogen-bond acceptors (Lipinski definition) is 3. The van der Waals surface area contributed by atoms with E-state index in [1.807, 2.05) is 0 Å². The summed E-state index contributed by atoms with van der Waals surface area (Å²) in [6.45, 7) is 5.57. The van der Waals surface area contributed by atoms with Crippen LogP contribution in [0, 0.1) is 0 Å². The van der Waals surface area contributed by atoms with E-state index in [2.05, 4.69) is 24.1 Å². The smallest absolute Gasteiger partial charge is 0.238 e. The first-order valence-electron chi connectivity index (χ1n) is 6.59. The molecule has 0 aliphatic carbocycles. The maximum Gasteiger partial charge on any atom is 0.238 e. The maximum absolute atomic E-state index is 12.1. The minimum absolute atomic E-state index is 0.0622. The number of amides is 1. The molecule has 0 radical (unpaired) electrons. The van der Waals surface area contributed by atoms with Gasteiger partial charge in [0, 0.05) is 10.6 Å². The zero-order valence-electron chi connectivity index (χ0n) is 11.7. The first-order valence-corrected chi connectivity index (χ1v) is 7.34. The highest BCUT2D eigenvalue weighted by molar-refractivity contribution is 6.37. The number of hydrogen-bond donors (Lipinski definition) is 2. The van der Waals surface area contributed by atoms with Crippen LogP contribution < -0.4 is 11.1 Å². The molecule has 110 valence electrons. The lowest BCUT2D eigenvalue weighted by Gasteiger charge is -2.30. The summed E-state index contributed by atoms with van der Waals surface area (Å²) in [5, 5.41) is 3.58. The molecule has 1 saturated heterocycles. The minimum atomic E-state index is -0.115. The summed E-state index contributed by atoms with van der Waals surface area (Å²) < 4.78 is 0. The summed E-state index contributed by atoms with van der Waals surface area (Å²) in [5.41, 5.74) is 6.70. The molecule has 1 aliphatic heterocycles. The molecule has 0 bridgehead atoms. The molecule has 3 N–H and O–H groups in total. The van der Waals surface area contributed by atoms with E-state index in [0.717, 1.165) is 19.4 Å². The average molecular weight is 316 g/mol. The van der Waals surface area contributed by atoms with Crippen LogP contribution in [0.3, 0.4) is 0 Å². The second-order valence-electron chi connectivity index (χ2n) is 5.74. The molecule has 4 nitrogen and oxygen atoms in total. The number of carbonyl (C=O) groups is 1. The lowest BCUT2D eigenvalue weighted by atomic mass is 10.0. The van der Waals surface area contributed by atoms with Crippen molar-refractivity contribution in [3.05, 3.63) is 22.2 Å². The van der Waals surface area contributed by atoms with Gasteiger partial charge in [-0.15, -0.1) is 0 Å². The molecular weight excluding hydrogens is 297 g/mol. The highest BCUT2D eigenvalue weighted by Crippen LogP contribution is 2.32. The Morgan fingerprint density at radius 1 is 1.45 bits per heavy atom. The van der Waals surface area contributed by atoms with E-state index in [9.17, 15) is 4.79 Å². The van der Waals surface area contributed by atoms with Crippen LogP contribution >= 0.6 is 23.2 Å². The maximum atomic E-state index is 12.1. The van der Waals surface area contributed by atoms with E-state index in [1.54, 1.807) is 12.1 Å². The van der Waals surface area contributed by atoms with Crippen molar-refractivity contribution in [1.82, 2.24) is 4.90 Å². The molecule has 0 aromatic heterocycles. The van der Waals surface area contributed by atoms with Crippen molar-refractivity contribution in [3.8, 4) is 0 Å². The number of nitrogens with two attached hydrogens (primary N) is 1. The Hall–Kier alpha value is -0.970. The summed E-state index contributed by atoms with van der Waals surface area (Å²) in [6.07, 6.45) is 2.22. The Labute approximate surface area is 129 Å². The molecule has 0 atom stereocenters. The average Bonchev–Trinajstić information content (AvgIpc) is 2.63. The van der Waals surface area contributed by atoms with Crippen molar-refractivity contribution < 1.29 is 4.79 Å². The van der Waals surface area contributed by atoms with Crippen molar-refractivity contribution in [2.75, 3.05) is 24.1 Å². The van der Waals surface area contributed by atoms with Crippen LogP contribution in [0.4, 0.5) is 11.4 Å². The largest absolute Gasteiger partial charge is 0.397 e. The number of nitrogens with zero attached hydrogens (tertiary/aromatic N) is 1. The van der Waals surface area contributed by atoms with E-state index in [0.29, 0.717) is 28.0 Å². The topological polar surface area (TPSA) is 58.4 Å². The van der Waals surface area contributed by atoms with Gasteiger partial charge in [0.05, 0.1) is 22.9 Å². The zero-order chi connectivity index (χ0) is 14.9. The van der Waals surface area contributed by atoms with E-state index < -0.39 is 0 Å². The second kappa shape index (κ2) is 5.80. The summed E-state index contributed by atoms with van der Waals surface area (Å²) in [6, 6.07) is 3.14. The Morgan fingerprint density at radius 3 is 2.70 bits per heavy atom. The Balaban J connectivity index is 2.06. The molecule has 1 aromatic rings. The second-order valence-corrected chi connectivity index (χ2v) is 6.58. The van der Waals surface area contributed by atoms with Crippen molar-refractivity contribution in [3.63, 3.8) is 0 Å². The zero-order valence-corrected chi connectivity index (χ0v) is 13.2. The van der Waals surface area contributed by atoms with Gasteiger partial charge in [-0.3, -0.25) is 9.69 Å². The first-order chi connectivity index (χ1) is 9.29. The Bertz CT molecular complexity index is 508. The van der Waals surface area contributed by atoms with Crippen LogP contribution in [-0.4, -0.2) is 29.4 Å². The monoisotopic (exact) mass is 315 g/mol. The lowest BCUT2D eigenvalue weighted by molar-refractivity contribution is -0.118. The molecule has 6 heteroatoms. The first kappa shape index (κ1) is 15.4. The van der Waals surface area contributed by atoms with Gasteiger partial charge < -0.3 is 11.1 Å². The molecule has 1 fully saturated rings. The quantitative estimate of drug-likeness (QED) is 0.841. The molecule has 2 rings (SSSR count). The Morgan fingerprint density at radius 2 is 2.15 bits per heavy atom. The molecule has 1 aromatic carbocycles. The third-order valence-corrected chi connectivity index (χ3v) is 4.27. The van der Waals surface area contributed by atoms with Crippen LogP contribution in [0.15, 0.2) is 12.1 Å². The molecule has 0 unspecified atom stereocenters. The van der Waals surface area contributed by atoms with Crippen LogP contribution in [0.1, 0.15) is 26.7 Å². The molecule has 1 amide bonds. The Kier molecular flexibility index (Phi) is 4.47. The van der Waals surface area contributed by atoms with Crippen molar-refractivity contribution in [2.24, 2.45) is 0 Å². The summed E-state index contributed by atoms with van der Waals surface area (Å²) in [5.74, 6) is -0.115. The lowest BCUT2D eigenvalue weighted by Crippen LogP contribution is -2.43. The molecule has 0 saturated carbocycles. The third-order valence-electron chi connectivity index (χ3n) is 3.76. The molecule has 20 heavy (non-hydrogen) atoms. The summed E-state index contributed by atoms with van der Waals surface area (Å²) in [7, 11) is 0. The van der Waals surface area contributed by atoms with Gasteiger partial charge in [-0.25, -0.2) is 0 Å². The number of likely N-dealkylation sites (tertiary alicyclic amines) is 1. The van der Waals surface area contributed by atoms with Crippen LogP contribution in [0.5, 0.6) is 0 Å². The number of anilines is 2. The fourth-order valence-electron chi connectivity index (χ4n) is 2.53. The molecular formula is C14H19Cl2N3O. The van der Waals surface area contributed by atoms with Gasteiger partial charge in [-0.1, -0.05) is 23.2 Å². The van der Waals surface area contributed by atoms with Gasteiger partial charge >= 0.3 is 0 Å². The minimum Gasteiger partial charge on any atom is -0.397 e. The number of halogens is 2. The van der Waals surface area contributed by atoms with Gasteiger partial charge in [0.25, 0.3) is 0 Å². The number of rotatable bonds is 3. The van der Waals surface area contributed by atoms with Gasteiger partial charge in [0.2, 0.25) is 5.91 Å². The highest BCUT2D eigenvalue weighted by Gasteiger charge is 2.33. The number of nitrogens with one attached hydrogen (secondary N) is 1. The van der Waals surface area contributed by atoms with Crippen molar-refractivity contribution in [1.29, 1.82) is 0 Å². The van der Waals surface area contributed by atoms with E-state index in [4.69, 9.17) is 28.9 Å². The molecule has 1 heterocycles. The number of carbonyl (C=O) groups excluding carboxylic acids is 1. The van der Waals surface area contributed by atoms with Gasteiger partial charge in [0.1, 0.15) is 0 Å². The SMILES string of the molecule is CC1(C)CCCN1CC(=O)Nc1c(N)cc(Cl)cc1Cl. The van der Waals surface area contributed by atoms with Gasteiger partial charge in [-0.2, -0.15) is 0 Å². The number of nitrogen functional groups attached to an aromatic ring is 1. The standard InChI is InChI=1S/C14H19Cl2N3O/c1-14(2)4-3-5-19(14)8-12(20)18-13-10(16)6-9(15)7-11(13)17/h6-7H,3-5,8,17H2,1-2H3,(H,18,20). The van der Waals surface area contributed by atoms with E-state index >= 15 is 0 Å². The van der Waals surface area contributed by atoms with Gasteiger partial charge in [0.15, 0.2) is 0 Å². The predicted molar refractivity (Wildman–Crippen MR) is 84.4 cm³/mol. The summed E-state index contributed by atoms with van der Waals surface area (Å²) >= 11 is 11.9. The normalized spacial score (nSPS) is 18.2. The summed E-state index contributed by atoms with van der Waals surface area (Å²) in [4.78, 5) is 14.3. The van der Waals surface area contributed by atoms with Crippen LogP contribution in [-0.2, 0) is 4.79 Å². The molecule has 0 spiro atoms. The fourth-order valence-corrected chi connectivity index (χ4v) is 3.09. The van der Waals surface area contributed by atoms with Crippen LogP contribution in [0.25, 0.3) is 0 Å². The van der Waals surface area contributed by atoms with E-state index in [1.165, 1.54) is 0 Å². The highest BCUT2D eigenvalue weighted by atomic mass is 35.5. The number of benzene rings is 1. The van der Waals surface area contributed by atoms with Gasteiger partial charge in [-0.05, 0) is 45.4 Å². The predicted octanol–water partition coefficient (Wildman–Crippen LogP) is 3.39. The third kappa shape index (κ3) is 3.37. The van der Waals surface area contributed by atoms with E-state index in [-0.39, 0.29) is 11.4 Å². The van der Waals surface area contributed by atoms with Crippen LogP contribution in [0.2, 0.25) is 10.0 Å². The van der Waals surface area contributed by atoms with Crippen molar-refractivity contribution in [2.45, 2.75) is 32.2 Å². The van der Waals surface area contributed by atoms with Crippen molar-refractivity contribution >= 4 is 40.5 Å². The fraction of sp³-hybridized carbons (Fsp3) is 0.500. The molecule has 1 aliphatic rings.